The second-order valence-electron chi connectivity index (χ2n) is 7.55. The predicted octanol–water partition coefficient (Wildman–Crippen LogP) is 5.70. The zero-order valence-corrected chi connectivity index (χ0v) is 17.3. The molecular weight excluding hydrogens is 401 g/mol. The molecule has 1 fully saturated rings. The van der Waals surface area contributed by atoms with Gasteiger partial charge in [0.1, 0.15) is 18.2 Å². The van der Waals surface area contributed by atoms with Gasteiger partial charge in [0.05, 0.1) is 0 Å². The van der Waals surface area contributed by atoms with Crippen LogP contribution in [-0.2, 0) is 11.4 Å². The Morgan fingerprint density at radius 2 is 1.63 bits per heavy atom. The molecule has 0 spiro atoms. The van der Waals surface area contributed by atoms with Crippen LogP contribution in [0.1, 0.15) is 35.1 Å². The maximum absolute atomic E-state index is 13.3. The van der Waals surface area contributed by atoms with Gasteiger partial charge >= 0.3 is 0 Å². The van der Waals surface area contributed by atoms with Gasteiger partial charge in [0.25, 0.3) is 0 Å². The lowest BCUT2D eigenvalue weighted by Crippen LogP contribution is -2.48. The molecule has 154 valence electrons. The molecule has 1 aliphatic heterocycles. The fourth-order valence-electron chi connectivity index (χ4n) is 3.99. The summed E-state index contributed by atoms with van der Waals surface area (Å²) < 4.78 is 19.2. The van der Waals surface area contributed by atoms with Crippen LogP contribution in [0.2, 0.25) is 0 Å². The number of carbonyl (C=O) groups excluding carboxylic acids is 1. The summed E-state index contributed by atoms with van der Waals surface area (Å²) in [6.07, 6.45) is 0.312. The zero-order chi connectivity index (χ0) is 20.9. The Bertz CT molecular complexity index is 976. The van der Waals surface area contributed by atoms with E-state index >= 15 is 0 Å². The number of hydrogen-bond acceptors (Lipinski definition) is 3. The highest BCUT2D eigenvalue weighted by Crippen LogP contribution is 2.45. The van der Waals surface area contributed by atoms with Crippen molar-refractivity contribution in [1.82, 2.24) is 4.90 Å². The third-order valence-electron chi connectivity index (χ3n) is 5.57. The average molecular weight is 424 g/mol. The SMILES string of the molecule is O=C(Cl)CCN1CC(c2ccc(F)cc2)C1c1ccc(OCc2ccccc2)cc1. The van der Waals surface area contributed by atoms with Crippen molar-refractivity contribution in [2.75, 3.05) is 13.1 Å². The number of rotatable bonds is 8. The zero-order valence-electron chi connectivity index (χ0n) is 16.5. The standard InChI is InChI=1S/C25H23ClFNO2/c26-24(29)14-15-28-16-23(19-6-10-21(27)11-7-19)25(28)20-8-12-22(13-9-20)30-17-18-4-2-1-3-5-18/h1-13,23,25H,14-17H2. The van der Waals surface area contributed by atoms with E-state index in [2.05, 4.69) is 17.0 Å². The molecule has 0 saturated carbocycles. The highest BCUT2D eigenvalue weighted by atomic mass is 35.5. The van der Waals surface area contributed by atoms with E-state index in [0.717, 1.165) is 29.0 Å². The largest absolute Gasteiger partial charge is 0.489 e. The molecule has 2 unspecified atom stereocenters. The lowest BCUT2D eigenvalue weighted by atomic mass is 9.78. The molecule has 5 heteroatoms. The van der Waals surface area contributed by atoms with Crippen molar-refractivity contribution in [3.63, 3.8) is 0 Å². The van der Waals surface area contributed by atoms with Crippen LogP contribution < -0.4 is 4.74 Å². The molecule has 1 saturated heterocycles. The summed E-state index contributed by atoms with van der Waals surface area (Å²) in [7, 11) is 0. The van der Waals surface area contributed by atoms with Crippen LogP contribution in [0.4, 0.5) is 4.39 Å². The third-order valence-corrected chi connectivity index (χ3v) is 5.76. The first kappa shape index (κ1) is 20.6. The van der Waals surface area contributed by atoms with Gasteiger partial charge in [0.15, 0.2) is 0 Å². The predicted molar refractivity (Wildman–Crippen MR) is 116 cm³/mol. The molecule has 3 aromatic carbocycles. The van der Waals surface area contributed by atoms with Crippen LogP contribution in [-0.4, -0.2) is 23.2 Å². The van der Waals surface area contributed by atoms with Gasteiger partial charge in [-0.05, 0) is 52.6 Å². The Morgan fingerprint density at radius 1 is 0.967 bits per heavy atom. The molecule has 30 heavy (non-hydrogen) atoms. The lowest BCUT2D eigenvalue weighted by Gasteiger charge is -2.49. The summed E-state index contributed by atoms with van der Waals surface area (Å²) in [4.78, 5) is 13.5. The number of carbonyl (C=O) groups is 1. The number of nitrogens with zero attached hydrogens (tertiary/aromatic N) is 1. The van der Waals surface area contributed by atoms with Gasteiger partial charge in [-0.2, -0.15) is 0 Å². The van der Waals surface area contributed by atoms with E-state index in [0.29, 0.717) is 19.6 Å². The van der Waals surface area contributed by atoms with Gasteiger partial charge < -0.3 is 4.74 Å². The first-order chi connectivity index (χ1) is 14.6. The molecule has 3 aromatic rings. The van der Waals surface area contributed by atoms with Crippen molar-refractivity contribution in [2.45, 2.75) is 25.0 Å². The van der Waals surface area contributed by atoms with Crippen LogP contribution in [0, 0.1) is 5.82 Å². The van der Waals surface area contributed by atoms with Crippen molar-refractivity contribution < 1.29 is 13.9 Å². The van der Waals surface area contributed by atoms with Crippen LogP contribution >= 0.6 is 11.6 Å². The van der Waals surface area contributed by atoms with Gasteiger partial charge in [-0.25, -0.2) is 4.39 Å². The Balaban J connectivity index is 1.48. The maximum atomic E-state index is 13.3. The quantitative estimate of drug-likeness (QED) is 0.435. The average Bonchev–Trinajstić information content (AvgIpc) is 2.74. The summed E-state index contributed by atoms with van der Waals surface area (Å²) in [6, 6.07) is 24.9. The Hall–Kier alpha value is -2.69. The first-order valence-electron chi connectivity index (χ1n) is 10.0. The third kappa shape index (κ3) is 4.89. The smallest absolute Gasteiger partial charge is 0.222 e. The molecule has 1 heterocycles. The van der Waals surface area contributed by atoms with Crippen LogP contribution in [0.5, 0.6) is 5.75 Å². The lowest BCUT2D eigenvalue weighted by molar-refractivity contribution is -0.112. The second-order valence-corrected chi connectivity index (χ2v) is 7.97. The number of halogens is 2. The van der Waals surface area contributed by atoms with E-state index in [9.17, 15) is 9.18 Å². The molecular formula is C25H23ClFNO2. The van der Waals surface area contributed by atoms with E-state index in [1.165, 1.54) is 12.1 Å². The number of likely N-dealkylation sites (tertiary alicyclic amines) is 1. The van der Waals surface area contributed by atoms with Crippen LogP contribution in [0.3, 0.4) is 0 Å². The van der Waals surface area contributed by atoms with Crippen molar-refractivity contribution in [3.8, 4) is 5.75 Å². The molecule has 0 aliphatic carbocycles. The molecule has 4 rings (SSSR count). The normalized spacial score (nSPS) is 18.6. The molecule has 3 nitrogen and oxygen atoms in total. The number of ether oxygens (including phenoxy) is 1. The summed E-state index contributed by atoms with van der Waals surface area (Å²) in [5.41, 5.74) is 3.36. The Kier molecular flexibility index (Phi) is 6.46. The first-order valence-corrected chi connectivity index (χ1v) is 10.4. The Labute approximate surface area is 181 Å². The summed E-state index contributed by atoms with van der Waals surface area (Å²) >= 11 is 5.55. The molecule has 2 atom stereocenters. The van der Waals surface area contributed by atoms with Crippen LogP contribution in [0.25, 0.3) is 0 Å². The highest BCUT2D eigenvalue weighted by molar-refractivity contribution is 6.63. The highest BCUT2D eigenvalue weighted by Gasteiger charge is 2.40. The van der Waals surface area contributed by atoms with Crippen molar-refractivity contribution in [3.05, 3.63) is 101 Å². The van der Waals surface area contributed by atoms with E-state index < -0.39 is 0 Å². The van der Waals surface area contributed by atoms with Gasteiger partial charge in [-0.15, -0.1) is 0 Å². The van der Waals surface area contributed by atoms with E-state index in [-0.39, 0.29) is 23.0 Å². The van der Waals surface area contributed by atoms with Crippen LogP contribution in [0.15, 0.2) is 78.9 Å². The molecule has 1 aliphatic rings. The minimum Gasteiger partial charge on any atom is -0.489 e. The fraction of sp³-hybridized carbons (Fsp3) is 0.240. The maximum Gasteiger partial charge on any atom is 0.222 e. The van der Waals surface area contributed by atoms with Crippen molar-refractivity contribution in [2.24, 2.45) is 0 Å². The van der Waals surface area contributed by atoms with Gasteiger partial charge in [0, 0.05) is 31.5 Å². The molecule has 0 bridgehead atoms. The monoisotopic (exact) mass is 423 g/mol. The van der Waals surface area contributed by atoms with Gasteiger partial charge in [-0.3, -0.25) is 9.69 Å². The van der Waals surface area contributed by atoms with Gasteiger partial charge in [0.2, 0.25) is 5.24 Å². The minimum absolute atomic E-state index is 0.120. The van der Waals surface area contributed by atoms with Crippen molar-refractivity contribution >= 4 is 16.8 Å². The number of hydrogen-bond donors (Lipinski definition) is 0. The fourth-order valence-corrected chi connectivity index (χ4v) is 4.07. The van der Waals surface area contributed by atoms with Gasteiger partial charge in [-0.1, -0.05) is 54.6 Å². The minimum atomic E-state index is -0.330. The number of benzene rings is 3. The molecule has 0 N–H and O–H groups in total. The molecule has 0 radical (unpaired) electrons. The summed E-state index contributed by atoms with van der Waals surface area (Å²) in [5.74, 6) is 0.814. The summed E-state index contributed by atoms with van der Waals surface area (Å²) in [6.45, 7) is 1.94. The topological polar surface area (TPSA) is 29.5 Å². The second kappa shape index (κ2) is 9.41. The summed E-state index contributed by atoms with van der Waals surface area (Å²) in [5, 5.41) is -0.330. The molecule has 0 aromatic heterocycles. The van der Waals surface area contributed by atoms with E-state index in [4.69, 9.17) is 16.3 Å². The Morgan fingerprint density at radius 3 is 2.30 bits per heavy atom. The van der Waals surface area contributed by atoms with E-state index in [1.54, 1.807) is 0 Å². The van der Waals surface area contributed by atoms with E-state index in [1.807, 2.05) is 54.6 Å². The van der Waals surface area contributed by atoms with Crippen molar-refractivity contribution in [1.29, 1.82) is 0 Å². The molecule has 0 amide bonds.